The number of carbonyl (C=O) groups is 1. The van der Waals surface area contributed by atoms with Gasteiger partial charge >= 0.3 is 0 Å². The second-order valence-corrected chi connectivity index (χ2v) is 5.11. The first-order chi connectivity index (χ1) is 10.0. The van der Waals surface area contributed by atoms with Gasteiger partial charge in [0.25, 0.3) is 5.91 Å². The van der Waals surface area contributed by atoms with Gasteiger partial charge in [-0.15, -0.1) is 0 Å². The lowest BCUT2D eigenvalue weighted by molar-refractivity contribution is 0.102. The van der Waals surface area contributed by atoms with Crippen LogP contribution in [0.3, 0.4) is 0 Å². The van der Waals surface area contributed by atoms with E-state index in [1.54, 1.807) is 12.1 Å². The van der Waals surface area contributed by atoms with Gasteiger partial charge in [-0.2, -0.15) is 0 Å². The number of benzene rings is 2. The van der Waals surface area contributed by atoms with Crippen molar-refractivity contribution in [2.75, 3.05) is 12.4 Å². The van der Waals surface area contributed by atoms with Gasteiger partial charge in [-0.05, 0) is 50.7 Å². The van der Waals surface area contributed by atoms with Crippen molar-refractivity contribution in [3.8, 4) is 5.75 Å². The highest BCUT2D eigenvalue weighted by molar-refractivity contribution is 6.06. The largest absolute Gasteiger partial charge is 0.507 e. The molecular weight excluding hydrogens is 264 g/mol. The molecule has 0 spiro atoms. The van der Waals surface area contributed by atoms with Crippen LogP contribution in [0.15, 0.2) is 42.5 Å². The molecule has 1 amide bonds. The van der Waals surface area contributed by atoms with Crippen molar-refractivity contribution in [2.45, 2.75) is 19.9 Å². The fourth-order valence-corrected chi connectivity index (χ4v) is 2.08. The third-order valence-corrected chi connectivity index (χ3v) is 3.47. The second kappa shape index (κ2) is 6.41. The van der Waals surface area contributed by atoms with Gasteiger partial charge in [0.05, 0.1) is 5.56 Å². The zero-order valence-electron chi connectivity index (χ0n) is 12.5. The third-order valence-electron chi connectivity index (χ3n) is 3.47. The molecule has 0 aliphatic carbocycles. The van der Waals surface area contributed by atoms with Crippen molar-refractivity contribution < 1.29 is 9.90 Å². The van der Waals surface area contributed by atoms with E-state index in [1.807, 2.05) is 45.2 Å². The number of carbonyl (C=O) groups excluding carboxylic acids is 1. The van der Waals surface area contributed by atoms with E-state index in [9.17, 15) is 9.90 Å². The Hall–Kier alpha value is -2.33. The molecule has 0 saturated heterocycles. The molecule has 2 rings (SSSR count). The van der Waals surface area contributed by atoms with Crippen molar-refractivity contribution in [1.29, 1.82) is 0 Å². The zero-order valence-corrected chi connectivity index (χ0v) is 12.5. The lowest BCUT2D eigenvalue weighted by atomic mass is 10.1. The average molecular weight is 284 g/mol. The van der Waals surface area contributed by atoms with E-state index in [0.717, 1.165) is 11.1 Å². The van der Waals surface area contributed by atoms with E-state index >= 15 is 0 Å². The Kier molecular flexibility index (Phi) is 4.60. The van der Waals surface area contributed by atoms with Crippen molar-refractivity contribution >= 4 is 11.6 Å². The van der Waals surface area contributed by atoms with Crippen LogP contribution in [0.25, 0.3) is 0 Å². The number of phenols is 1. The quantitative estimate of drug-likeness (QED) is 0.807. The van der Waals surface area contributed by atoms with Crippen LogP contribution in [0.2, 0.25) is 0 Å². The van der Waals surface area contributed by atoms with Gasteiger partial charge in [-0.1, -0.05) is 23.8 Å². The maximum absolute atomic E-state index is 12.3. The normalized spacial score (nSPS) is 12.0. The van der Waals surface area contributed by atoms with Crippen LogP contribution in [0.4, 0.5) is 5.69 Å². The Bertz CT molecular complexity index is 653. The van der Waals surface area contributed by atoms with Crippen LogP contribution in [-0.2, 0) is 0 Å². The third kappa shape index (κ3) is 3.61. The molecule has 21 heavy (non-hydrogen) atoms. The lowest BCUT2D eigenvalue weighted by Gasteiger charge is -2.13. The summed E-state index contributed by atoms with van der Waals surface area (Å²) in [5.74, 6) is -0.330. The van der Waals surface area contributed by atoms with Gasteiger partial charge in [0.15, 0.2) is 0 Å². The lowest BCUT2D eigenvalue weighted by Crippen LogP contribution is -2.14. The molecule has 110 valence electrons. The molecule has 2 aromatic rings. The SMILES string of the molecule is CNC(C)c1cccc(NC(=O)c2cc(C)ccc2O)c1. The van der Waals surface area contributed by atoms with Gasteiger partial charge < -0.3 is 15.7 Å². The topological polar surface area (TPSA) is 61.4 Å². The molecule has 3 N–H and O–H groups in total. The van der Waals surface area contributed by atoms with Crippen molar-refractivity contribution in [2.24, 2.45) is 0 Å². The molecule has 0 bridgehead atoms. The molecule has 0 aliphatic rings. The smallest absolute Gasteiger partial charge is 0.259 e. The average Bonchev–Trinajstić information content (AvgIpc) is 2.49. The summed E-state index contributed by atoms with van der Waals surface area (Å²) in [6, 6.07) is 12.8. The number of nitrogens with one attached hydrogen (secondary N) is 2. The Balaban J connectivity index is 2.21. The minimum absolute atomic E-state index is 0.0159. The molecule has 0 aromatic heterocycles. The summed E-state index contributed by atoms with van der Waals surface area (Å²) in [6.07, 6.45) is 0. The molecule has 0 saturated carbocycles. The Labute approximate surface area is 124 Å². The summed E-state index contributed by atoms with van der Waals surface area (Å²) in [7, 11) is 1.89. The van der Waals surface area contributed by atoms with Crippen LogP contribution in [-0.4, -0.2) is 18.1 Å². The summed E-state index contributed by atoms with van der Waals surface area (Å²) >= 11 is 0. The standard InChI is InChI=1S/C17H20N2O2/c1-11-7-8-16(20)15(9-11)17(21)19-14-6-4-5-13(10-14)12(2)18-3/h4-10,12,18,20H,1-3H3,(H,19,21). The summed E-state index contributed by atoms with van der Waals surface area (Å²) in [5.41, 5.74) is 3.00. The van der Waals surface area contributed by atoms with E-state index in [4.69, 9.17) is 0 Å². The van der Waals surface area contributed by atoms with E-state index in [0.29, 0.717) is 5.69 Å². The Morgan fingerprint density at radius 3 is 2.67 bits per heavy atom. The number of aromatic hydroxyl groups is 1. The molecule has 4 heteroatoms. The van der Waals surface area contributed by atoms with E-state index in [1.165, 1.54) is 6.07 Å². The Morgan fingerprint density at radius 2 is 1.95 bits per heavy atom. The van der Waals surface area contributed by atoms with E-state index in [-0.39, 0.29) is 23.3 Å². The molecule has 0 radical (unpaired) electrons. The molecule has 4 nitrogen and oxygen atoms in total. The summed E-state index contributed by atoms with van der Waals surface area (Å²) in [5, 5.41) is 15.8. The number of amides is 1. The zero-order chi connectivity index (χ0) is 15.4. The highest BCUT2D eigenvalue weighted by Gasteiger charge is 2.12. The van der Waals surface area contributed by atoms with E-state index in [2.05, 4.69) is 10.6 Å². The molecule has 2 aromatic carbocycles. The molecule has 0 heterocycles. The Morgan fingerprint density at radius 1 is 1.19 bits per heavy atom. The number of aryl methyl sites for hydroxylation is 1. The fraction of sp³-hybridized carbons (Fsp3) is 0.235. The number of hydrogen-bond acceptors (Lipinski definition) is 3. The first kappa shape index (κ1) is 15.1. The number of anilines is 1. The molecule has 0 fully saturated rings. The molecular formula is C17H20N2O2. The van der Waals surface area contributed by atoms with Crippen molar-refractivity contribution in [3.63, 3.8) is 0 Å². The summed E-state index contributed by atoms with van der Waals surface area (Å²) in [4.78, 5) is 12.3. The monoisotopic (exact) mass is 284 g/mol. The highest BCUT2D eigenvalue weighted by Crippen LogP contribution is 2.21. The summed E-state index contributed by atoms with van der Waals surface area (Å²) < 4.78 is 0. The van der Waals surface area contributed by atoms with Gasteiger partial charge in [0, 0.05) is 11.7 Å². The minimum Gasteiger partial charge on any atom is -0.507 e. The first-order valence-corrected chi connectivity index (χ1v) is 6.89. The van der Waals surface area contributed by atoms with Crippen LogP contribution < -0.4 is 10.6 Å². The predicted octanol–water partition coefficient (Wildman–Crippen LogP) is 3.23. The molecule has 0 aliphatic heterocycles. The van der Waals surface area contributed by atoms with Gasteiger partial charge in [-0.3, -0.25) is 4.79 Å². The summed E-state index contributed by atoms with van der Waals surface area (Å²) in [6.45, 7) is 3.93. The van der Waals surface area contributed by atoms with Gasteiger partial charge in [0.2, 0.25) is 0 Å². The molecule has 1 atom stereocenters. The van der Waals surface area contributed by atoms with Gasteiger partial charge in [-0.25, -0.2) is 0 Å². The van der Waals surface area contributed by atoms with Crippen molar-refractivity contribution in [1.82, 2.24) is 5.32 Å². The minimum atomic E-state index is -0.314. The second-order valence-electron chi connectivity index (χ2n) is 5.11. The fourth-order valence-electron chi connectivity index (χ4n) is 2.08. The van der Waals surface area contributed by atoms with E-state index < -0.39 is 0 Å². The van der Waals surface area contributed by atoms with Crippen molar-refractivity contribution in [3.05, 3.63) is 59.2 Å². The van der Waals surface area contributed by atoms with Crippen LogP contribution in [0.5, 0.6) is 5.75 Å². The number of rotatable bonds is 4. The van der Waals surface area contributed by atoms with Gasteiger partial charge in [0.1, 0.15) is 5.75 Å². The van der Waals surface area contributed by atoms with Crippen LogP contribution in [0, 0.1) is 6.92 Å². The number of phenolic OH excluding ortho intramolecular Hbond substituents is 1. The van der Waals surface area contributed by atoms with Crippen LogP contribution >= 0.6 is 0 Å². The molecule has 1 unspecified atom stereocenters. The van der Waals surface area contributed by atoms with Crippen LogP contribution in [0.1, 0.15) is 34.5 Å². The maximum atomic E-state index is 12.3. The highest BCUT2D eigenvalue weighted by atomic mass is 16.3. The maximum Gasteiger partial charge on any atom is 0.259 e. The predicted molar refractivity (Wildman–Crippen MR) is 84.7 cm³/mol. The number of hydrogen-bond donors (Lipinski definition) is 3. The first-order valence-electron chi connectivity index (χ1n) is 6.89.